The Morgan fingerprint density at radius 2 is 1.84 bits per heavy atom. The Balaban J connectivity index is 2.01. The number of nitrogens with zero attached hydrogens (tertiary/aromatic N) is 1. The van der Waals surface area contributed by atoms with Crippen molar-refractivity contribution in [2.24, 2.45) is 0 Å². The Bertz CT molecular complexity index is 928. The van der Waals surface area contributed by atoms with E-state index >= 15 is 0 Å². The first-order chi connectivity index (χ1) is 11.9. The number of halogens is 2. The average molecular weight is 438 g/mol. The van der Waals surface area contributed by atoms with Crippen molar-refractivity contribution in [3.05, 3.63) is 63.1 Å². The quantitative estimate of drug-likeness (QED) is 0.428. The number of phenols is 1. The standard InChI is InChI=1S/C17H10BrClN2O3S/c18-13-8-9(1-6-14(13)22)7-12-15(23)20-17(25)21(16(12)24)11-4-2-10(19)3-5-11/h1-8,22H,(H,20,23,25). The van der Waals surface area contributed by atoms with Crippen LogP contribution in [0.2, 0.25) is 5.02 Å². The molecule has 126 valence electrons. The summed E-state index contributed by atoms with van der Waals surface area (Å²) in [6.45, 7) is 0. The number of amides is 2. The molecule has 2 aromatic carbocycles. The zero-order valence-electron chi connectivity index (χ0n) is 12.5. The van der Waals surface area contributed by atoms with E-state index in [2.05, 4.69) is 21.2 Å². The molecule has 8 heteroatoms. The molecular formula is C17H10BrClN2O3S. The first kappa shape index (κ1) is 17.6. The molecule has 5 nitrogen and oxygen atoms in total. The second kappa shape index (κ2) is 6.95. The lowest BCUT2D eigenvalue weighted by molar-refractivity contribution is -0.122. The van der Waals surface area contributed by atoms with Crippen LogP contribution in [0.15, 0.2) is 52.5 Å². The van der Waals surface area contributed by atoms with Gasteiger partial charge in [-0.15, -0.1) is 0 Å². The van der Waals surface area contributed by atoms with Crippen molar-refractivity contribution >= 4 is 68.4 Å². The van der Waals surface area contributed by atoms with Gasteiger partial charge in [-0.3, -0.25) is 19.8 Å². The third-order valence-corrected chi connectivity index (χ3v) is 4.64. The maximum atomic E-state index is 12.8. The van der Waals surface area contributed by atoms with Crippen LogP contribution in [-0.4, -0.2) is 22.0 Å². The van der Waals surface area contributed by atoms with Gasteiger partial charge in [-0.05, 0) is 76.2 Å². The predicted molar refractivity (Wildman–Crippen MR) is 103 cm³/mol. The molecule has 1 saturated heterocycles. The molecule has 0 radical (unpaired) electrons. The minimum Gasteiger partial charge on any atom is -0.507 e. The van der Waals surface area contributed by atoms with Crippen LogP contribution < -0.4 is 10.2 Å². The van der Waals surface area contributed by atoms with E-state index in [1.54, 1.807) is 36.4 Å². The van der Waals surface area contributed by atoms with Gasteiger partial charge in [0, 0.05) is 5.02 Å². The molecular weight excluding hydrogens is 428 g/mol. The summed E-state index contributed by atoms with van der Waals surface area (Å²) in [5.74, 6) is -1.06. The van der Waals surface area contributed by atoms with Crippen LogP contribution in [0.4, 0.5) is 5.69 Å². The minimum absolute atomic E-state index is 0.00126. The van der Waals surface area contributed by atoms with Crippen molar-refractivity contribution in [2.45, 2.75) is 0 Å². The smallest absolute Gasteiger partial charge is 0.270 e. The van der Waals surface area contributed by atoms with E-state index in [1.165, 1.54) is 17.0 Å². The number of hydrogen-bond donors (Lipinski definition) is 2. The first-order valence-corrected chi connectivity index (χ1v) is 8.60. The number of carbonyl (C=O) groups is 2. The third-order valence-electron chi connectivity index (χ3n) is 3.47. The van der Waals surface area contributed by atoms with E-state index in [0.717, 1.165) is 0 Å². The Labute approximate surface area is 162 Å². The molecule has 0 saturated carbocycles. The van der Waals surface area contributed by atoms with Crippen LogP contribution in [-0.2, 0) is 9.59 Å². The molecule has 0 aromatic heterocycles. The molecule has 1 heterocycles. The van der Waals surface area contributed by atoms with Gasteiger partial charge in [-0.25, -0.2) is 0 Å². The van der Waals surface area contributed by atoms with Crippen molar-refractivity contribution in [1.82, 2.24) is 5.32 Å². The largest absolute Gasteiger partial charge is 0.507 e. The lowest BCUT2D eigenvalue weighted by Gasteiger charge is -2.28. The maximum Gasteiger partial charge on any atom is 0.270 e. The lowest BCUT2D eigenvalue weighted by Crippen LogP contribution is -2.54. The molecule has 0 bridgehead atoms. The molecule has 2 aromatic rings. The fraction of sp³-hybridized carbons (Fsp3) is 0. The number of anilines is 1. The van der Waals surface area contributed by atoms with E-state index in [1.807, 2.05) is 0 Å². The van der Waals surface area contributed by atoms with Gasteiger partial charge in [0.2, 0.25) is 0 Å². The highest BCUT2D eigenvalue weighted by Crippen LogP contribution is 2.27. The Kier molecular flexibility index (Phi) is 4.89. The number of aromatic hydroxyl groups is 1. The van der Waals surface area contributed by atoms with Crippen molar-refractivity contribution in [1.29, 1.82) is 0 Å². The summed E-state index contributed by atoms with van der Waals surface area (Å²) in [6, 6.07) is 11.2. The molecule has 0 spiro atoms. The van der Waals surface area contributed by atoms with Crippen molar-refractivity contribution in [3.63, 3.8) is 0 Å². The van der Waals surface area contributed by atoms with Crippen LogP contribution in [0.3, 0.4) is 0 Å². The highest BCUT2D eigenvalue weighted by molar-refractivity contribution is 9.10. The maximum absolute atomic E-state index is 12.8. The second-order valence-electron chi connectivity index (χ2n) is 5.15. The van der Waals surface area contributed by atoms with Crippen LogP contribution in [0.5, 0.6) is 5.75 Å². The summed E-state index contributed by atoms with van der Waals surface area (Å²) >= 11 is 14.2. The van der Waals surface area contributed by atoms with Gasteiger partial charge >= 0.3 is 0 Å². The molecule has 1 aliphatic rings. The van der Waals surface area contributed by atoms with Crippen LogP contribution in [0.1, 0.15) is 5.56 Å². The zero-order valence-corrected chi connectivity index (χ0v) is 15.7. The molecule has 25 heavy (non-hydrogen) atoms. The van der Waals surface area contributed by atoms with E-state index in [-0.39, 0.29) is 16.4 Å². The van der Waals surface area contributed by atoms with E-state index in [4.69, 9.17) is 23.8 Å². The fourth-order valence-electron chi connectivity index (χ4n) is 2.26. The van der Waals surface area contributed by atoms with Gasteiger partial charge in [-0.2, -0.15) is 0 Å². The molecule has 3 rings (SSSR count). The number of nitrogens with one attached hydrogen (secondary N) is 1. The summed E-state index contributed by atoms with van der Waals surface area (Å²) in [5.41, 5.74) is 1.00. The van der Waals surface area contributed by atoms with Crippen LogP contribution in [0, 0.1) is 0 Å². The number of hydrogen-bond acceptors (Lipinski definition) is 4. The van der Waals surface area contributed by atoms with E-state index in [0.29, 0.717) is 20.7 Å². The topological polar surface area (TPSA) is 69.6 Å². The van der Waals surface area contributed by atoms with Crippen molar-refractivity contribution < 1.29 is 14.7 Å². The fourth-order valence-corrected chi connectivity index (χ4v) is 3.07. The monoisotopic (exact) mass is 436 g/mol. The number of thiocarbonyl (C=S) groups is 1. The molecule has 1 fully saturated rings. The SMILES string of the molecule is O=C1NC(=S)N(c2ccc(Cl)cc2)C(=O)C1=Cc1ccc(O)c(Br)c1. The van der Waals surface area contributed by atoms with Gasteiger partial charge in [-0.1, -0.05) is 17.7 Å². The third kappa shape index (κ3) is 3.58. The van der Waals surface area contributed by atoms with Gasteiger partial charge < -0.3 is 5.11 Å². The molecule has 0 unspecified atom stereocenters. The number of rotatable bonds is 2. The zero-order chi connectivity index (χ0) is 18.1. The second-order valence-corrected chi connectivity index (χ2v) is 6.82. The number of phenolic OH excluding ortho intramolecular Hbond substituents is 1. The Morgan fingerprint density at radius 1 is 1.16 bits per heavy atom. The minimum atomic E-state index is -0.579. The van der Waals surface area contributed by atoms with Crippen LogP contribution >= 0.6 is 39.7 Å². The number of benzene rings is 2. The predicted octanol–water partition coefficient (Wildman–Crippen LogP) is 3.64. The highest BCUT2D eigenvalue weighted by Gasteiger charge is 2.34. The summed E-state index contributed by atoms with van der Waals surface area (Å²) in [6.07, 6.45) is 1.44. The summed E-state index contributed by atoms with van der Waals surface area (Å²) < 4.78 is 0.454. The molecule has 1 aliphatic heterocycles. The summed E-state index contributed by atoms with van der Waals surface area (Å²) in [7, 11) is 0. The van der Waals surface area contributed by atoms with E-state index in [9.17, 15) is 14.7 Å². The summed E-state index contributed by atoms with van der Waals surface area (Å²) in [4.78, 5) is 26.2. The van der Waals surface area contributed by atoms with Gasteiger partial charge in [0.15, 0.2) is 5.11 Å². The first-order valence-electron chi connectivity index (χ1n) is 7.02. The van der Waals surface area contributed by atoms with E-state index < -0.39 is 11.8 Å². The van der Waals surface area contributed by atoms with Gasteiger partial charge in [0.05, 0.1) is 10.2 Å². The summed E-state index contributed by atoms with van der Waals surface area (Å²) in [5, 5.41) is 12.6. The average Bonchev–Trinajstić information content (AvgIpc) is 2.56. The van der Waals surface area contributed by atoms with Crippen molar-refractivity contribution in [2.75, 3.05) is 4.90 Å². The lowest BCUT2D eigenvalue weighted by atomic mass is 10.1. The molecule has 2 amide bonds. The van der Waals surface area contributed by atoms with Gasteiger partial charge in [0.25, 0.3) is 11.8 Å². The molecule has 0 aliphatic carbocycles. The number of carbonyl (C=O) groups excluding carboxylic acids is 2. The van der Waals surface area contributed by atoms with Gasteiger partial charge in [0.1, 0.15) is 11.3 Å². The Morgan fingerprint density at radius 3 is 2.48 bits per heavy atom. The van der Waals surface area contributed by atoms with Crippen LogP contribution in [0.25, 0.3) is 6.08 Å². The van der Waals surface area contributed by atoms with Crippen molar-refractivity contribution in [3.8, 4) is 5.75 Å². The molecule has 2 N–H and O–H groups in total. The Hall–Kier alpha value is -2.22. The normalized spacial score (nSPS) is 16.3. The molecule has 0 atom stereocenters. The highest BCUT2D eigenvalue weighted by atomic mass is 79.9.